The highest BCUT2D eigenvalue weighted by molar-refractivity contribution is 5.78. The van der Waals surface area contributed by atoms with Gasteiger partial charge in [0.25, 0.3) is 0 Å². The predicted molar refractivity (Wildman–Crippen MR) is 92.2 cm³/mol. The molecule has 128 valence electrons. The standard InChI is InChI=1S/C17H34N4O/c1-15(2)13-16(20-9-11-22-12-10-20)14-19-17(18)21-7-5-3-4-6-8-21/h15-16H,3-14H2,1-2H3,(H2,18,19). The molecule has 2 fully saturated rings. The first kappa shape index (κ1) is 17.5. The third kappa shape index (κ3) is 5.76. The molecular weight excluding hydrogens is 276 g/mol. The maximum absolute atomic E-state index is 6.26. The molecule has 0 aromatic carbocycles. The first-order valence-electron chi connectivity index (χ1n) is 9.03. The van der Waals surface area contributed by atoms with Crippen molar-refractivity contribution < 1.29 is 4.74 Å². The summed E-state index contributed by atoms with van der Waals surface area (Å²) in [5, 5.41) is 0. The molecule has 0 radical (unpaired) electrons. The second-order valence-electron chi connectivity index (χ2n) is 7.03. The van der Waals surface area contributed by atoms with E-state index in [1.165, 1.54) is 32.1 Å². The van der Waals surface area contributed by atoms with Gasteiger partial charge in [-0.3, -0.25) is 9.89 Å². The van der Waals surface area contributed by atoms with Gasteiger partial charge in [0.15, 0.2) is 5.96 Å². The Balaban J connectivity index is 1.91. The van der Waals surface area contributed by atoms with Crippen LogP contribution in [0, 0.1) is 5.92 Å². The van der Waals surface area contributed by atoms with Crippen molar-refractivity contribution in [3.63, 3.8) is 0 Å². The molecule has 1 unspecified atom stereocenters. The molecule has 2 heterocycles. The lowest BCUT2D eigenvalue weighted by Crippen LogP contribution is -2.46. The summed E-state index contributed by atoms with van der Waals surface area (Å²) < 4.78 is 5.48. The van der Waals surface area contributed by atoms with Crippen molar-refractivity contribution in [1.82, 2.24) is 9.80 Å². The molecule has 2 saturated heterocycles. The molecule has 22 heavy (non-hydrogen) atoms. The lowest BCUT2D eigenvalue weighted by molar-refractivity contribution is 0.0142. The second kappa shape index (κ2) is 9.36. The van der Waals surface area contributed by atoms with Crippen LogP contribution in [-0.4, -0.2) is 67.7 Å². The maximum atomic E-state index is 6.26. The number of ether oxygens (including phenoxy) is 1. The van der Waals surface area contributed by atoms with Gasteiger partial charge in [-0.15, -0.1) is 0 Å². The predicted octanol–water partition coefficient (Wildman–Crippen LogP) is 1.92. The molecule has 5 nitrogen and oxygen atoms in total. The number of hydrogen-bond acceptors (Lipinski definition) is 3. The molecule has 1 atom stereocenters. The Morgan fingerprint density at radius 3 is 2.27 bits per heavy atom. The first-order chi connectivity index (χ1) is 10.7. The lowest BCUT2D eigenvalue weighted by Gasteiger charge is -2.35. The molecule has 2 N–H and O–H groups in total. The van der Waals surface area contributed by atoms with Crippen molar-refractivity contribution in [3.05, 3.63) is 0 Å². The zero-order chi connectivity index (χ0) is 15.8. The fourth-order valence-corrected chi connectivity index (χ4v) is 3.42. The van der Waals surface area contributed by atoms with Crippen LogP contribution in [0.3, 0.4) is 0 Å². The van der Waals surface area contributed by atoms with E-state index in [1.54, 1.807) is 0 Å². The molecule has 0 spiro atoms. The van der Waals surface area contributed by atoms with Crippen LogP contribution in [0.15, 0.2) is 4.99 Å². The molecular formula is C17H34N4O. The molecule has 2 rings (SSSR count). The van der Waals surface area contributed by atoms with Gasteiger partial charge in [-0.05, 0) is 25.2 Å². The number of guanidine groups is 1. The number of hydrogen-bond donors (Lipinski definition) is 1. The van der Waals surface area contributed by atoms with Crippen molar-refractivity contribution in [2.75, 3.05) is 45.9 Å². The van der Waals surface area contributed by atoms with Crippen LogP contribution in [0.1, 0.15) is 46.0 Å². The fraction of sp³-hybridized carbons (Fsp3) is 0.941. The van der Waals surface area contributed by atoms with E-state index in [9.17, 15) is 0 Å². The van der Waals surface area contributed by atoms with Crippen LogP contribution < -0.4 is 5.73 Å². The molecule has 0 bridgehead atoms. The van der Waals surface area contributed by atoms with E-state index >= 15 is 0 Å². The van der Waals surface area contributed by atoms with E-state index in [-0.39, 0.29) is 0 Å². The average molecular weight is 310 g/mol. The summed E-state index contributed by atoms with van der Waals surface area (Å²) in [7, 11) is 0. The molecule has 2 aliphatic heterocycles. The Morgan fingerprint density at radius 2 is 1.68 bits per heavy atom. The Morgan fingerprint density at radius 1 is 1.05 bits per heavy atom. The van der Waals surface area contributed by atoms with Gasteiger partial charge in [-0.2, -0.15) is 0 Å². The van der Waals surface area contributed by atoms with Crippen molar-refractivity contribution in [1.29, 1.82) is 0 Å². The van der Waals surface area contributed by atoms with Crippen molar-refractivity contribution in [3.8, 4) is 0 Å². The van der Waals surface area contributed by atoms with E-state index in [4.69, 9.17) is 15.5 Å². The maximum Gasteiger partial charge on any atom is 0.191 e. The van der Waals surface area contributed by atoms with Crippen LogP contribution in [0.4, 0.5) is 0 Å². The summed E-state index contributed by atoms with van der Waals surface area (Å²) in [6.45, 7) is 11.3. The molecule has 0 amide bonds. The van der Waals surface area contributed by atoms with Gasteiger partial charge < -0.3 is 15.4 Å². The van der Waals surface area contributed by atoms with E-state index in [0.717, 1.165) is 51.9 Å². The SMILES string of the molecule is CC(C)CC(CN=C(N)N1CCCCCC1)N1CCOCC1. The largest absolute Gasteiger partial charge is 0.379 e. The summed E-state index contributed by atoms with van der Waals surface area (Å²) in [6.07, 6.45) is 6.32. The summed E-state index contributed by atoms with van der Waals surface area (Å²) in [4.78, 5) is 9.56. The van der Waals surface area contributed by atoms with Crippen molar-refractivity contribution in [2.45, 2.75) is 52.0 Å². The van der Waals surface area contributed by atoms with Gasteiger partial charge in [-0.25, -0.2) is 0 Å². The van der Waals surface area contributed by atoms with Gasteiger partial charge >= 0.3 is 0 Å². The number of nitrogens with zero attached hydrogens (tertiary/aromatic N) is 3. The third-order valence-electron chi connectivity index (χ3n) is 4.70. The smallest absolute Gasteiger partial charge is 0.191 e. The van der Waals surface area contributed by atoms with E-state index < -0.39 is 0 Å². The summed E-state index contributed by atoms with van der Waals surface area (Å²) in [6, 6.07) is 0.495. The van der Waals surface area contributed by atoms with Gasteiger partial charge in [0.05, 0.1) is 19.8 Å². The summed E-state index contributed by atoms with van der Waals surface area (Å²) in [5.74, 6) is 1.44. The Kier molecular flexibility index (Phi) is 7.46. The number of aliphatic imine (C=N–C) groups is 1. The highest BCUT2D eigenvalue weighted by atomic mass is 16.5. The van der Waals surface area contributed by atoms with E-state index in [2.05, 4.69) is 23.6 Å². The fourth-order valence-electron chi connectivity index (χ4n) is 3.42. The Hall–Kier alpha value is -0.810. The van der Waals surface area contributed by atoms with E-state index in [0.29, 0.717) is 12.0 Å². The minimum Gasteiger partial charge on any atom is -0.379 e. The van der Waals surface area contributed by atoms with Crippen LogP contribution >= 0.6 is 0 Å². The number of likely N-dealkylation sites (tertiary alicyclic amines) is 1. The van der Waals surface area contributed by atoms with Gasteiger partial charge in [0, 0.05) is 32.2 Å². The third-order valence-corrected chi connectivity index (χ3v) is 4.70. The van der Waals surface area contributed by atoms with Crippen LogP contribution in [0.5, 0.6) is 0 Å². The van der Waals surface area contributed by atoms with Crippen molar-refractivity contribution in [2.24, 2.45) is 16.6 Å². The monoisotopic (exact) mass is 310 g/mol. The minimum absolute atomic E-state index is 0.495. The summed E-state index contributed by atoms with van der Waals surface area (Å²) >= 11 is 0. The highest BCUT2D eigenvalue weighted by Gasteiger charge is 2.22. The number of rotatable bonds is 5. The second-order valence-corrected chi connectivity index (χ2v) is 7.03. The normalized spacial score (nSPS) is 23.6. The molecule has 0 saturated carbocycles. The van der Waals surface area contributed by atoms with Crippen LogP contribution in [0.25, 0.3) is 0 Å². The molecule has 0 aromatic heterocycles. The topological polar surface area (TPSA) is 54.1 Å². The Labute approximate surface area is 135 Å². The molecule has 0 aromatic rings. The molecule has 2 aliphatic rings. The van der Waals surface area contributed by atoms with Gasteiger partial charge in [-0.1, -0.05) is 26.7 Å². The van der Waals surface area contributed by atoms with Crippen LogP contribution in [-0.2, 0) is 4.74 Å². The van der Waals surface area contributed by atoms with Crippen LogP contribution in [0.2, 0.25) is 0 Å². The zero-order valence-corrected chi connectivity index (χ0v) is 14.5. The van der Waals surface area contributed by atoms with Crippen molar-refractivity contribution >= 4 is 5.96 Å². The molecule has 0 aliphatic carbocycles. The number of nitrogens with two attached hydrogens (primary N) is 1. The first-order valence-corrected chi connectivity index (χ1v) is 9.03. The zero-order valence-electron chi connectivity index (χ0n) is 14.5. The summed E-state index contributed by atoms with van der Waals surface area (Å²) in [5.41, 5.74) is 6.26. The molecule has 5 heteroatoms. The lowest BCUT2D eigenvalue weighted by atomic mass is 10.0. The minimum atomic E-state index is 0.495. The number of morpholine rings is 1. The highest BCUT2D eigenvalue weighted by Crippen LogP contribution is 2.15. The Bertz CT molecular complexity index is 332. The van der Waals surface area contributed by atoms with Gasteiger partial charge in [0.2, 0.25) is 0 Å². The van der Waals surface area contributed by atoms with E-state index in [1.807, 2.05) is 0 Å². The van der Waals surface area contributed by atoms with Gasteiger partial charge in [0.1, 0.15) is 0 Å². The quantitative estimate of drug-likeness (QED) is 0.623. The average Bonchev–Trinajstić information content (AvgIpc) is 2.81.